The first-order chi connectivity index (χ1) is 8.11. The second-order valence-corrected chi connectivity index (χ2v) is 4.46. The van der Waals surface area contributed by atoms with Gasteiger partial charge in [-0.15, -0.1) is 11.6 Å². The van der Waals surface area contributed by atoms with Gasteiger partial charge in [-0.1, -0.05) is 15.9 Å². The molecule has 1 aromatic carbocycles. The molecule has 0 bridgehead atoms. The number of hydrogen-bond acceptors (Lipinski definition) is 3. The summed E-state index contributed by atoms with van der Waals surface area (Å²) in [4.78, 5) is 10.5. The molecule has 0 amide bonds. The number of hydrogen-bond donors (Lipinski definition) is 0. The van der Waals surface area contributed by atoms with E-state index >= 15 is 0 Å². The largest absolute Gasteiger partial charge is 0.295 e. The Morgan fingerprint density at radius 3 is 2.82 bits per heavy atom. The van der Waals surface area contributed by atoms with E-state index in [-0.39, 0.29) is 11.6 Å². The normalized spacial score (nSPS) is 10.5. The van der Waals surface area contributed by atoms with Crippen molar-refractivity contribution in [1.29, 1.82) is 0 Å². The van der Waals surface area contributed by atoms with Crippen LogP contribution in [0.2, 0.25) is 0 Å². The van der Waals surface area contributed by atoms with Crippen molar-refractivity contribution < 1.29 is 4.92 Å². The van der Waals surface area contributed by atoms with Crippen LogP contribution in [-0.2, 0) is 5.88 Å². The predicted octanol–water partition coefficient (Wildman–Crippen LogP) is 3.28. The van der Waals surface area contributed by atoms with Gasteiger partial charge in [0.05, 0.1) is 16.5 Å². The minimum absolute atomic E-state index is 0.0106. The minimum Gasteiger partial charge on any atom is -0.258 e. The van der Waals surface area contributed by atoms with Crippen LogP contribution in [0.25, 0.3) is 5.69 Å². The quantitative estimate of drug-likeness (QED) is 0.496. The van der Waals surface area contributed by atoms with Gasteiger partial charge in [0.25, 0.3) is 5.69 Å². The Hall–Kier alpha value is -1.40. The summed E-state index contributed by atoms with van der Waals surface area (Å²) in [6.45, 7) is 0. The Kier molecular flexibility index (Phi) is 3.44. The molecule has 7 heteroatoms. The van der Waals surface area contributed by atoms with E-state index < -0.39 is 4.92 Å². The number of benzene rings is 1. The van der Waals surface area contributed by atoms with E-state index in [1.165, 1.54) is 10.7 Å². The fourth-order valence-electron chi connectivity index (χ4n) is 1.40. The van der Waals surface area contributed by atoms with Gasteiger partial charge in [-0.05, 0) is 18.2 Å². The first-order valence-electron chi connectivity index (χ1n) is 4.66. The molecule has 2 rings (SSSR count). The molecule has 0 atom stereocenters. The topological polar surface area (TPSA) is 61.0 Å². The molecule has 17 heavy (non-hydrogen) atoms. The third-order valence-corrected chi connectivity index (χ3v) is 2.93. The number of nitro benzene ring substituents is 1. The molecule has 0 unspecified atom stereocenters. The number of alkyl halides is 1. The summed E-state index contributed by atoms with van der Waals surface area (Å²) < 4.78 is 2.10. The maximum Gasteiger partial charge on any atom is 0.295 e. The van der Waals surface area contributed by atoms with E-state index in [1.54, 1.807) is 24.4 Å². The summed E-state index contributed by atoms with van der Waals surface area (Å²) in [5.74, 6) is 0.275. The van der Waals surface area contributed by atoms with Crippen molar-refractivity contribution in [1.82, 2.24) is 9.78 Å². The number of rotatable bonds is 3. The Balaban J connectivity index is 2.54. The summed E-state index contributed by atoms with van der Waals surface area (Å²) in [5.41, 5.74) is 1.07. The van der Waals surface area contributed by atoms with Crippen LogP contribution in [0.15, 0.2) is 34.9 Å². The van der Waals surface area contributed by atoms with E-state index in [1.807, 2.05) is 0 Å². The van der Waals surface area contributed by atoms with Crippen LogP contribution in [-0.4, -0.2) is 14.7 Å². The van der Waals surface area contributed by atoms with Gasteiger partial charge >= 0.3 is 0 Å². The van der Waals surface area contributed by atoms with E-state index in [9.17, 15) is 10.1 Å². The third-order valence-electron chi connectivity index (χ3n) is 2.16. The molecule has 0 radical (unpaired) electrons. The average Bonchev–Trinajstić information content (AvgIpc) is 2.77. The van der Waals surface area contributed by atoms with Gasteiger partial charge in [-0.3, -0.25) is 10.1 Å². The maximum atomic E-state index is 10.9. The van der Waals surface area contributed by atoms with Crippen molar-refractivity contribution in [3.8, 4) is 5.69 Å². The average molecular weight is 317 g/mol. The summed E-state index contributed by atoms with van der Waals surface area (Å²) in [6, 6.07) is 6.52. The molecule has 0 saturated carbocycles. The lowest BCUT2D eigenvalue weighted by atomic mass is 10.3. The second-order valence-electron chi connectivity index (χ2n) is 3.28. The van der Waals surface area contributed by atoms with Crippen molar-refractivity contribution >= 4 is 33.2 Å². The van der Waals surface area contributed by atoms with Gasteiger partial charge in [-0.2, -0.15) is 5.10 Å². The standard InChI is InChI=1S/C10H7BrClN3O2/c11-7-1-2-9(10(5-7)15(16)17)14-4-3-8(6-12)13-14/h1-5H,6H2. The Bertz CT molecular complexity index is 570. The zero-order valence-electron chi connectivity index (χ0n) is 8.51. The SMILES string of the molecule is O=[N+]([O-])c1cc(Br)ccc1-n1ccc(CCl)n1. The zero-order valence-corrected chi connectivity index (χ0v) is 10.8. The highest BCUT2D eigenvalue weighted by Crippen LogP contribution is 2.26. The van der Waals surface area contributed by atoms with Crippen molar-refractivity contribution in [3.05, 3.63) is 50.7 Å². The van der Waals surface area contributed by atoms with E-state index in [4.69, 9.17) is 11.6 Å². The van der Waals surface area contributed by atoms with Gasteiger partial charge < -0.3 is 0 Å². The molecule has 0 N–H and O–H groups in total. The molecule has 1 aromatic heterocycles. The van der Waals surface area contributed by atoms with Crippen LogP contribution in [0, 0.1) is 10.1 Å². The van der Waals surface area contributed by atoms with Gasteiger partial charge in [0, 0.05) is 16.7 Å². The molecule has 5 nitrogen and oxygen atoms in total. The van der Waals surface area contributed by atoms with Crippen LogP contribution in [0.1, 0.15) is 5.69 Å². The fourth-order valence-corrected chi connectivity index (χ4v) is 1.90. The van der Waals surface area contributed by atoms with Gasteiger partial charge in [0.15, 0.2) is 0 Å². The van der Waals surface area contributed by atoms with Crippen molar-refractivity contribution in [3.63, 3.8) is 0 Å². The lowest BCUT2D eigenvalue weighted by Gasteiger charge is -2.03. The first-order valence-corrected chi connectivity index (χ1v) is 5.99. The molecular weight excluding hydrogens is 309 g/mol. The van der Waals surface area contributed by atoms with Crippen molar-refractivity contribution in [2.45, 2.75) is 5.88 Å². The molecule has 0 spiro atoms. The van der Waals surface area contributed by atoms with Crippen LogP contribution >= 0.6 is 27.5 Å². The highest BCUT2D eigenvalue weighted by molar-refractivity contribution is 9.10. The van der Waals surface area contributed by atoms with Gasteiger partial charge in [0.2, 0.25) is 0 Å². The molecule has 0 fully saturated rings. The molecular formula is C10H7BrClN3O2. The van der Waals surface area contributed by atoms with Crippen LogP contribution in [0.5, 0.6) is 0 Å². The summed E-state index contributed by atoms with van der Waals surface area (Å²) in [5, 5.41) is 15.1. The van der Waals surface area contributed by atoms with Gasteiger partial charge in [0.1, 0.15) is 5.69 Å². The molecule has 0 aliphatic heterocycles. The first kappa shape index (κ1) is 12.1. The Morgan fingerprint density at radius 1 is 1.47 bits per heavy atom. The summed E-state index contributed by atoms with van der Waals surface area (Å²) in [7, 11) is 0. The number of nitrogens with zero attached hydrogens (tertiary/aromatic N) is 3. The van der Waals surface area contributed by atoms with E-state index in [0.717, 1.165) is 0 Å². The molecule has 0 aliphatic carbocycles. The van der Waals surface area contributed by atoms with Crippen molar-refractivity contribution in [2.75, 3.05) is 0 Å². The van der Waals surface area contributed by atoms with E-state index in [2.05, 4.69) is 21.0 Å². The second kappa shape index (κ2) is 4.85. The summed E-state index contributed by atoms with van der Waals surface area (Å²) >= 11 is 8.84. The highest BCUT2D eigenvalue weighted by Gasteiger charge is 2.16. The Labute approximate surface area is 110 Å². The summed E-state index contributed by atoms with van der Waals surface area (Å²) in [6.07, 6.45) is 1.65. The Morgan fingerprint density at radius 2 is 2.24 bits per heavy atom. The van der Waals surface area contributed by atoms with E-state index in [0.29, 0.717) is 15.9 Å². The molecule has 88 valence electrons. The van der Waals surface area contributed by atoms with Gasteiger partial charge in [-0.25, -0.2) is 4.68 Å². The smallest absolute Gasteiger partial charge is 0.258 e. The lowest BCUT2D eigenvalue weighted by molar-refractivity contribution is -0.384. The molecule has 0 aliphatic rings. The molecule has 1 heterocycles. The monoisotopic (exact) mass is 315 g/mol. The fraction of sp³-hybridized carbons (Fsp3) is 0.100. The minimum atomic E-state index is -0.442. The number of halogens is 2. The number of aromatic nitrogens is 2. The highest BCUT2D eigenvalue weighted by atomic mass is 79.9. The third kappa shape index (κ3) is 2.48. The molecule has 2 aromatic rings. The van der Waals surface area contributed by atoms with Crippen molar-refractivity contribution in [2.24, 2.45) is 0 Å². The maximum absolute atomic E-state index is 10.9. The van der Waals surface area contributed by atoms with Crippen LogP contribution < -0.4 is 0 Å². The zero-order chi connectivity index (χ0) is 12.4. The number of nitro groups is 1. The molecule has 0 saturated heterocycles. The predicted molar refractivity (Wildman–Crippen MR) is 67.5 cm³/mol. The van der Waals surface area contributed by atoms with Crippen LogP contribution in [0.3, 0.4) is 0 Å². The lowest BCUT2D eigenvalue weighted by Crippen LogP contribution is -2.01. The van der Waals surface area contributed by atoms with Crippen LogP contribution in [0.4, 0.5) is 5.69 Å².